The van der Waals surface area contributed by atoms with E-state index in [0.29, 0.717) is 23.8 Å². The summed E-state index contributed by atoms with van der Waals surface area (Å²) >= 11 is 0. The molecule has 8 heteroatoms. The van der Waals surface area contributed by atoms with Crippen molar-refractivity contribution in [3.05, 3.63) is 24.7 Å². The van der Waals surface area contributed by atoms with Crippen LogP contribution in [0.4, 0.5) is 5.82 Å². The van der Waals surface area contributed by atoms with Crippen molar-refractivity contribution in [1.29, 1.82) is 0 Å². The quantitative estimate of drug-likeness (QED) is 0.570. The fourth-order valence-electron chi connectivity index (χ4n) is 3.60. The Hall–Kier alpha value is -2.74. The average Bonchev–Trinajstić information content (AvgIpc) is 3.15. The van der Waals surface area contributed by atoms with E-state index in [-0.39, 0.29) is 6.04 Å². The summed E-state index contributed by atoms with van der Waals surface area (Å²) in [4.78, 5) is 20.9. The van der Waals surface area contributed by atoms with Crippen LogP contribution in [0.15, 0.2) is 24.7 Å². The van der Waals surface area contributed by atoms with Gasteiger partial charge in [-0.25, -0.2) is 19.9 Å². The second-order valence-corrected chi connectivity index (χ2v) is 8.25. The smallest absolute Gasteiger partial charge is 0.212 e. The number of aromatic nitrogens is 5. The molecule has 0 atom stereocenters. The minimum absolute atomic E-state index is 0.247. The molecule has 162 valence electrons. The molecule has 0 spiro atoms. The van der Waals surface area contributed by atoms with Crippen molar-refractivity contribution < 1.29 is 4.74 Å². The van der Waals surface area contributed by atoms with E-state index in [1.165, 1.54) is 0 Å². The summed E-state index contributed by atoms with van der Waals surface area (Å²) in [6, 6.07) is 4.96. The topological polar surface area (TPSA) is 81.0 Å². The van der Waals surface area contributed by atoms with Crippen molar-refractivity contribution in [3.8, 4) is 17.3 Å². The number of fused-ring (bicyclic) bond motifs is 1. The Kier molecular flexibility index (Phi) is 6.87. The number of anilines is 1. The molecule has 0 radical (unpaired) electrons. The van der Waals surface area contributed by atoms with E-state index >= 15 is 0 Å². The minimum Gasteiger partial charge on any atom is -0.481 e. The normalized spacial score (nSPS) is 12.0. The number of nitrogens with zero attached hydrogens (tertiary/aromatic N) is 6. The van der Waals surface area contributed by atoms with Gasteiger partial charge in [0.05, 0.1) is 13.4 Å². The van der Waals surface area contributed by atoms with E-state index in [0.717, 1.165) is 35.6 Å². The van der Waals surface area contributed by atoms with Gasteiger partial charge in [-0.2, -0.15) is 0 Å². The molecule has 0 saturated heterocycles. The lowest BCUT2D eigenvalue weighted by molar-refractivity contribution is 0.182. The number of imidazole rings is 1. The highest BCUT2D eigenvalue weighted by atomic mass is 16.5. The second kappa shape index (κ2) is 9.38. The van der Waals surface area contributed by atoms with Gasteiger partial charge in [0.15, 0.2) is 17.3 Å². The molecule has 0 aliphatic carbocycles. The molecule has 3 aromatic heterocycles. The number of nitrogens with one attached hydrogen (secondary N) is 1. The summed E-state index contributed by atoms with van der Waals surface area (Å²) in [6.45, 7) is 14.8. The van der Waals surface area contributed by atoms with Gasteiger partial charge in [-0.1, -0.05) is 0 Å². The van der Waals surface area contributed by atoms with E-state index in [2.05, 4.69) is 66.3 Å². The highest BCUT2D eigenvalue weighted by molar-refractivity contribution is 5.85. The molecule has 0 fully saturated rings. The summed E-state index contributed by atoms with van der Waals surface area (Å²) in [5.74, 6) is 1.93. The zero-order valence-corrected chi connectivity index (χ0v) is 19.0. The monoisotopic (exact) mass is 411 g/mol. The fraction of sp³-hybridized carbons (Fsp3) is 0.545. The molecule has 0 saturated carbocycles. The largest absolute Gasteiger partial charge is 0.481 e. The fourth-order valence-corrected chi connectivity index (χ4v) is 3.60. The standard InChI is InChI=1S/C22H33N7O/c1-14(2)28(15(3)4)11-10-23-21-19-22(29(13-25-19)16(5)6)27-20(26-21)17-8-9-18(30-7)24-12-17/h8-9,12-16H,10-11H2,1-7H3,(H,23,26,27). The van der Waals surface area contributed by atoms with E-state index in [1.807, 2.05) is 18.5 Å². The van der Waals surface area contributed by atoms with E-state index in [4.69, 9.17) is 14.7 Å². The summed E-state index contributed by atoms with van der Waals surface area (Å²) in [7, 11) is 1.60. The van der Waals surface area contributed by atoms with Crippen LogP contribution in [0.5, 0.6) is 5.88 Å². The molecule has 0 aliphatic heterocycles. The van der Waals surface area contributed by atoms with Gasteiger partial charge in [0.1, 0.15) is 5.52 Å². The van der Waals surface area contributed by atoms with Gasteiger partial charge in [0.2, 0.25) is 5.88 Å². The van der Waals surface area contributed by atoms with E-state index in [1.54, 1.807) is 13.3 Å². The van der Waals surface area contributed by atoms with Gasteiger partial charge < -0.3 is 14.6 Å². The highest BCUT2D eigenvalue weighted by Crippen LogP contribution is 2.26. The maximum absolute atomic E-state index is 5.17. The lowest BCUT2D eigenvalue weighted by atomic mass is 10.2. The number of methoxy groups -OCH3 is 1. The van der Waals surface area contributed by atoms with Crippen molar-refractivity contribution in [1.82, 2.24) is 29.4 Å². The summed E-state index contributed by atoms with van der Waals surface area (Å²) in [6.07, 6.45) is 3.57. The summed E-state index contributed by atoms with van der Waals surface area (Å²) in [5.41, 5.74) is 2.44. The maximum atomic E-state index is 5.17. The number of pyridine rings is 1. The molecule has 3 heterocycles. The summed E-state index contributed by atoms with van der Waals surface area (Å²) < 4.78 is 7.23. The Morgan fingerprint density at radius 3 is 2.33 bits per heavy atom. The highest BCUT2D eigenvalue weighted by Gasteiger charge is 2.17. The molecule has 3 aromatic rings. The minimum atomic E-state index is 0.247. The van der Waals surface area contributed by atoms with Crippen LogP contribution in [-0.2, 0) is 0 Å². The first-order chi connectivity index (χ1) is 14.3. The molecule has 0 aliphatic rings. The zero-order valence-electron chi connectivity index (χ0n) is 19.0. The molecule has 8 nitrogen and oxygen atoms in total. The number of rotatable bonds is 9. The predicted molar refractivity (Wildman–Crippen MR) is 121 cm³/mol. The average molecular weight is 412 g/mol. The van der Waals surface area contributed by atoms with Crippen LogP contribution < -0.4 is 10.1 Å². The van der Waals surface area contributed by atoms with Gasteiger partial charge in [0.25, 0.3) is 0 Å². The molecule has 1 N–H and O–H groups in total. The molecular formula is C22H33N7O. The molecular weight excluding hydrogens is 378 g/mol. The zero-order chi connectivity index (χ0) is 21.8. The SMILES string of the molecule is COc1ccc(-c2nc(NCCN(C(C)C)C(C)C)c3ncn(C(C)C)c3n2)cn1. The third-order valence-corrected chi connectivity index (χ3v) is 5.17. The number of ether oxygens (including phenoxy) is 1. The van der Waals surface area contributed by atoms with E-state index in [9.17, 15) is 0 Å². The lowest BCUT2D eigenvalue weighted by Gasteiger charge is -2.30. The first-order valence-corrected chi connectivity index (χ1v) is 10.6. The number of hydrogen-bond donors (Lipinski definition) is 1. The van der Waals surface area contributed by atoms with Crippen LogP contribution in [0.1, 0.15) is 47.6 Å². The molecule has 0 bridgehead atoms. The van der Waals surface area contributed by atoms with Gasteiger partial charge in [0, 0.05) is 49.0 Å². The second-order valence-electron chi connectivity index (χ2n) is 8.25. The van der Waals surface area contributed by atoms with Crippen molar-refractivity contribution in [2.45, 2.75) is 59.7 Å². The van der Waals surface area contributed by atoms with Crippen molar-refractivity contribution >= 4 is 17.0 Å². The van der Waals surface area contributed by atoms with Crippen molar-refractivity contribution in [2.24, 2.45) is 0 Å². The molecule has 0 amide bonds. The lowest BCUT2D eigenvalue weighted by Crippen LogP contribution is -2.40. The van der Waals surface area contributed by atoms with Gasteiger partial charge in [-0.15, -0.1) is 0 Å². The van der Waals surface area contributed by atoms with Crippen LogP contribution in [0, 0.1) is 0 Å². The first-order valence-electron chi connectivity index (χ1n) is 10.6. The third-order valence-electron chi connectivity index (χ3n) is 5.17. The Labute approximate surface area is 178 Å². The predicted octanol–water partition coefficient (Wildman–Crippen LogP) is 4.01. The molecule has 0 unspecified atom stereocenters. The van der Waals surface area contributed by atoms with Gasteiger partial charge in [-0.05, 0) is 47.6 Å². The Balaban J connectivity index is 1.95. The van der Waals surface area contributed by atoms with Crippen LogP contribution >= 0.6 is 0 Å². The van der Waals surface area contributed by atoms with Crippen LogP contribution in [0.2, 0.25) is 0 Å². The van der Waals surface area contributed by atoms with Crippen LogP contribution in [0.25, 0.3) is 22.6 Å². The Bertz CT molecular complexity index is 956. The first kappa shape index (κ1) is 22.0. The number of hydrogen-bond acceptors (Lipinski definition) is 7. The maximum Gasteiger partial charge on any atom is 0.212 e. The third kappa shape index (κ3) is 4.70. The van der Waals surface area contributed by atoms with Gasteiger partial charge >= 0.3 is 0 Å². The Morgan fingerprint density at radius 1 is 1.03 bits per heavy atom. The van der Waals surface area contributed by atoms with Crippen LogP contribution in [-0.4, -0.2) is 61.7 Å². The van der Waals surface area contributed by atoms with Crippen molar-refractivity contribution in [2.75, 3.05) is 25.5 Å². The molecule has 3 rings (SSSR count). The summed E-state index contributed by atoms with van der Waals surface area (Å²) in [5, 5.41) is 3.50. The molecule has 30 heavy (non-hydrogen) atoms. The Morgan fingerprint density at radius 2 is 1.77 bits per heavy atom. The van der Waals surface area contributed by atoms with E-state index < -0.39 is 0 Å². The van der Waals surface area contributed by atoms with Crippen molar-refractivity contribution in [3.63, 3.8) is 0 Å². The molecule has 0 aromatic carbocycles. The van der Waals surface area contributed by atoms with Gasteiger partial charge in [-0.3, -0.25) is 4.90 Å². The van der Waals surface area contributed by atoms with Crippen LogP contribution in [0.3, 0.4) is 0 Å².